The Morgan fingerprint density at radius 1 is 1.24 bits per heavy atom. The lowest BCUT2D eigenvalue weighted by Crippen LogP contribution is -2.56. The van der Waals surface area contributed by atoms with Gasteiger partial charge in [0.1, 0.15) is 0 Å². The van der Waals surface area contributed by atoms with Gasteiger partial charge in [0, 0.05) is 24.7 Å². The SMILES string of the molecule is CC(C)N(CC1CC1)C1(CN)CCC(C)(C)C1. The molecule has 0 spiro atoms. The number of nitrogens with zero attached hydrogens (tertiary/aromatic N) is 1. The van der Waals surface area contributed by atoms with E-state index in [2.05, 4.69) is 32.6 Å². The van der Waals surface area contributed by atoms with Gasteiger partial charge in [-0.05, 0) is 57.3 Å². The van der Waals surface area contributed by atoms with Gasteiger partial charge in [0.05, 0.1) is 0 Å². The topological polar surface area (TPSA) is 29.3 Å². The maximum Gasteiger partial charge on any atom is 0.0339 e. The van der Waals surface area contributed by atoms with Gasteiger partial charge in [0.15, 0.2) is 0 Å². The lowest BCUT2D eigenvalue weighted by Gasteiger charge is -2.44. The monoisotopic (exact) mass is 238 g/mol. The van der Waals surface area contributed by atoms with Crippen molar-refractivity contribution in [3.05, 3.63) is 0 Å². The largest absolute Gasteiger partial charge is 0.329 e. The van der Waals surface area contributed by atoms with Crippen LogP contribution in [0.4, 0.5) is 0 Å². The average Bonchev–Trinajstić information content (AvgIpc) is 3.00. The summed E-state index contributed by atoms with van der Waals surface area (Å²) in [4.78, 5) is 2.74. The summed E-state index contributed by atoms with van der Waals surface area (Å²) in [6, 6.07) is 0.632. The zero-order chi connectivity index (χ0) is 12.7. The third-order valence-corrected chi connectivity index (χ3v) is 4.84. The standard InChI is InChI=1S/C15H30N2/c1-12(2)17(9-13-5-6-13)15(11-16)8-7-14(3,4)10-15/h12-13H,5-11,16H2,1-4H3. The Balaban J connectivity index is 2.13. The molecule has 2 aliphatic carbocycles. The van der Waals surface area contributed by atoms with Gasteiger partial charge in [-0.3, -0.25) is 4.90 Å². The van der Waals surface area contributed by atoms with Gasteiger partial charge in [-0.1, -0.05) is 13.8 Å². The molecule has 2 saturated carbocycles. The van der Waals surface area contributed by atoms with Crippen LogP contribution < -0.4 is 5.73 Å². The Kier molecular flexibility index (Phi) is 3.57. The van der Waals surface area contributed by atoms with Crippen molar-refractivity contribution in [1.82, 2.24) is 4.90 Å². The predicted molar refractivity (Wildman–Crippen MR) is 74.0 cm³/mol. The first-order valence-electron chi connectivity index (χ1n) is 7.35. The van der Waals surface area contributed by atoms with Crippen LogP contribution in [-0.2, 0) is 0 Å². The molecule has 2 nitrogen and oxygen atoms in total. The van der Waals surface area contributed by atoms with E-state index in [1.165, 1.54) is 38.6 Å². The van der Waals surface area contributed by atoms with Crippen LogP contribution in [0.25, 0.3) is 0 Å². The molecule has 2 rings (SSSR count). The van der Waals surface area contributed by atoms with E-state index in [1.54, 1.807) is 0 Å². The van der Waals surface area contributed by atoms with Crippen LogP contribution in [0, 0.1) is 11.3 Å². The molecule has 2 aliphatic rings. The van der Waals surface area contributed by atoms with Gasteiger partial charge in [0.2, 0.25) is 0 Å². The highest BCUT2D eigenvalue weighted by molar-refractivity contribution is 5.04. The molecule has 0 radical (unpaired) electrons. The quantitative estimate of drug-likeness (QED) is 0.798. The Hall–Kier alpha value is -0.0800. The number of hydrogen-bond donors (Lipinski definition) is 1. The number of rotatable bonds is 5. The molecule has 0 aromatic rings. The van der Waals surface area contributed by atoms with Crippen molar-refractivity contribution in [2.45, 2.75) is 71.4 Å². The van der Waals surface area contributed by atoms with E-state index in [9.17, 15) is 0 Å². The van der Waals surface area contributed by atoms with Gasteiger partial charge in [-0.15, -0.1) is 0 Å². The molecule has 0 saturated heterocycles. The van der Waals surface area contributed by atoms with Crippen molar-refractivity contribution in [1.29, 1.82) is 0 Å². The Morgan fingerprint density at radius 3 is 2.24 bits per heavy atom. The Bertz CT molecular complexity index is 268. The van der Waals surface area contributed by atoms with Gasteiger partial charge in [-0.2, -0.15) is 0 Å². The van der Waals surface area contributed by atoms with Crippen molar-refractivity contribution in [2.24, 2.45) is 17.1 Å². The molecule has 17 heavy (non-hydrogen) atoms. The van der Waals surface area contributed by atoms with Crippen LogP contribution in [0.5, 0.6) is 0 Å². The van der Waals surface area contributed by atoms with Gasteiger partial charge >= 0.3 is 0 Å². The molecule has 0 aromatic heterocycles. The fourth-order valence-corrected chi connectivity index (χ4v) is 3.71. The molecule has 0 aliphatic heterocycles. The summed E-state index contributed by atoms with van der Waals surface area (Å²) >= 11 is 0. The van der Waals surface area contributed by atoms with E-state index in [-0.39, 0.29) is 0 Å². The molecule has 1 atom stereocenters. The van der Waals surface area contributed by atoms with Crippen LogP contribution in [0.2, 0.25) is 0 Å². The summed E-state index contributed by atoms with van der Waals surface area (Å²) in [5, 5.41) is 0. The molecule has 2 heteroatoms. The van der Waals surface area contributed by atoms with Crippen molar-refractivity contribution >= 4 is 0 Å². The molecule has 100 valence electrons. The summed E-state index contributed by atoms with van der Waals surface area (Å²) in [5.74, 6) is 0.963. The highest BCUT2D eigenvalue weighted by Crippen LogP contribution is 2.48. The molecular formula is C15H30N2. The molecular weight excluding hydrogens is 208 g/mol. The zero-order valence-corrected chi connectivity index (χ0v) is 12.1. The average molecular weight is 238 g/mol. The first-order chi connectivity index (χ1) is 7.88. The van der Waals surface area contributed by atoms with E-state index in [4.69, 9.17) is 5.73 Å². The van der Waals surface area contributed by atoms with Crippen LogP contribution in [-0.4, -0.2) is 29.6 Å². The van der Waals surface area contributed by atoms with Crippen LogP contribution in [0.3, 0.4) is 0 Å². The summed E-state index contributed by atoms with van der Waals surface area (Å²) < 4.78 is 0. The fraction of sp³-hybridized carbons (Fsp3) is 1.00. The van der Waals surface area contributed by atoms with Crippen LogP contribution in [0.15, 0.2) is 0 Å². The van der Waals surface area contributed by atoms with Gasteiger partial charge in [-0.25, -0.2) is 0 Å². The minimum atomic E-state index is 0.292. The van der Waals surface area contributed by atoms with Crippen molar-refractivity contribution in [2.75, 3.05) is 13.1 Å². The zero-order valence-electron chi connectivity index (χ0n) is 12.1. The van der Waals surface area contributed by atoms with Gasteiger partial charge < -0.3 is 5.73 Å². The molecule has 0 bridgehead atoms. The van der Waals surface area contributed by atoms with Crippen LogP contribution >= 0.6 is 0 Å². The first kappa shape index (κ1) is 13.4. The van der Waals surface area contributed by atoms with E-state index < -0.39 is 0 Å². The predicted octanol–water partition coefficient (Wildman–Crippen LogP) is 3.01. The maximum atomic E-state index is 6.18. The smallest absolute Gasteiger partial charge is 0.0339 e. The second-order valence-corrected chi connectivity index (χ2v) is 7.46. The molecule has 1 unspecified atom stereocenters. The lowest BCUT2D eigenvalue weighted by molar-refractivity contribution is 0.0527. The molecule has 2 N–H and O–H groups in total. The van der Waals surface area contributed by atoms with Crippen molar-refractivity contribution in [3.63, 3.8) is 0 Å². The summed E-state index contributed by atoms with van der Waals surface area (Å²) in [5.41, 5.74) is 6.96. The summed E-state index contributed by atoms with van der Waals surface area (Å²) in [6.07, 6.45) is 6.78. The third kappa shape index (κ3) is 2.85. The fourth-order valence-electron chi connectivity index (χ4n) is 3.71. The highest BCUT2D eigenvalue weighted by atomic mass is 15.2. The summed E-state index contributed by atoms with van der Waals surface area (Å²) in [7, 11) is 0. The number of hydrogen-bond acceptors (Lipinski definition) is 2. The Labute approximate surface area is 107 Å². The van der Waals surface area contributed by atoms with E-state index >= 15 is 0 Å². The van der Waals surface area contributed by atoms with E-state index in [0.29, 0.717) is 17.0 Å². The summed E-state index contributed by atoms with van der Waals surface area (Å²) in [6.45, 7) is 11.6. The highest BCUT2D eigenvalue weighted by Gasteiger charge is 2.47. The normalized spacial score (nSPS) is 32.6. The maximum absolute atomic E-state index is 6.18. The molecule has 0 aromatic carbocycles. The minimum Gasteiger partial charge on any atom is -0.329 e. The molecule has 0 heterocycles. The second-order valence-electron chi connectivity index (χ2n) is 7.46. The van der Waals surface area contributed by atoms with Crippen molar-refractivity contribution < 1.29 is 0 Å². The molecule has 0 amide bonds. The first-order valence-corrected chi connectivity index (χ1v) is 7.35. The van der Waals surface area contributed by atoms with Crippen LogP contribution in [0.1, 0.15) is 59.8 Å². The minimum absolute atomic E-state index is 0.292. The Morgan fingerprint density at radius 2 is 1.88 bits per heavy atom. The molecule has 2 fully saturated rings. The lowest BCUT2D eigenvalue weighted by atomic mass is 9.86. The van der Waals surface area contributed by atoms with E-state index in [1.807, 2.05) is 0 Å². The van der Waals surface area contributed by atoms with Gasteiger partial charge in [0.25, 0.3) is 0 Å². The number of nitrogens with two attached hydrogens (primary N) is 1. The van der Waals surface area contributed by atoms with E-state index in [0.717, 1.165) is 12.5 Å². The third-order valence-electron chi connectivity index (χ3n) is 4.84. The van der Waals surface area contributed by atoms with Crippen molar-refractivity contribution in [3.8, 4) is 0 Å². The second kappa shape index (κ2) is 4.55.